The second-order valence-corrected chi connectivity index (χ2v) is 5.89. The number of imidazole rings is 1. The third-order valence-electron chi connectivity index (χ3n) is 3.81. The number of fused-ring (bicyclic) bond motifs is 2. The van der Waals surface area contributed by atoms with Crippen molar-refractivity contribution in [2.24, 2.45) is 0 Å². The van der Waals surface area contributed by atoms with Crippen molar-refractivity contribution in [2.75, 3.05) is 0 Å². The van der Waals surface area contributed by atoms with E-state index in [0.29, 0.717) is 10.7 Å². The molecule has 0 N–H and O–H groups in total. The molecule has 4 nitrogen and oxygen atoms in total. The van der Waals surface area contributed by atoms with Gasteiger partial charge in [-0.2, -0.15) is 0 Å². The Balaban J connectivity index is 2.00. The Morgan fingerprint density at radius 3 is 2.30 bits per heavy atom. The zero-order chi connectivity index (χ0) is 15.8. The summed E-state index contributed by atoms with van der Waals surface area (Å²) in [7, 11) is 0. The Labute approximate surface area is 138 Å². The lowest BCUT2D eigenvalue weighted by molar-refractivity contribution is 0.699. The predicted octanol–water partition coefficient (Wildman–Crippen LogP) is 4.71. The summed E-state index contributed by atoms with van der Waals surface area (Å²) in [4.78, 5) is 14.2. The van der Waals surface area contributed by atoms with Gasteiger partial charge in [0.25, 0.3) is 0 Å². The van der Waals surface area contributed by atoms with Crippen molar-refractivity contribution >= 4 is 33.9 Å². The SMILES string of the molecule is CCCn1c(-c2ccc(Cl)cc2)nc2nc3ccccc3nc21. The fourth-order valence-electron chi connectivity index (χ4n) is 2.75. The zero-order valence-corrected chi connectivity index (χ0v) is 13.5. The van der Waals surface area contributed by atoms with Gasteiger partial charge in [0.2, 0.25) is 0 Å². The minimum atomic E-state index is 0.683. The monoisotopic (exact) mass is 322 g/mol. The number of para-hydroxylation sites is 2. The van der Waals surface area contributed by atoms with E-state index >= 15 is 0 Å². The second-order valence-electron chi connectivity index (χ2n) is 5.45. The van der Waals surface area contributed by atoms with Gasteiger partial charge in [0, 0.05) is 17.1 Å². The van der Waals surface area contributed by atoms with Crippen molar-refractivity contribution in [2.45, 2.75) is 19.9 Å². The third kappa shape index (κ3) is 2.45. The van der Waals surface area contributed by atoms with E-state index in [4.69, 9.17) is 21.6 Å². The summed E-state index contributed by atoms with van der Waals surface area (Å²) in [6, 6.07) is 15.6. The Hall–Kier alpha value is -2.46. The van der Waals surface area contributed by atoms with Crippen molar-refractivity contribution in [1.82, 2.24) is 19.5 Å². The predicted molar refractivity (Wildman–Crippen MR) is 93.6 cm³/mol. The molecule has 2 aromatic carbocycles. The number of aromatic nitrogens is 4. The van der Waals surface area contributed by atoms with E-state index in [1.165, 1.54) is 0 Å². The van der Waals surface area contributed by atoms with Crippen molar-refractivity contribution in [1.29, 1.82) is 0 Å². The van der Waals surface area contributed by atoms with E-state index in [2.05, 4.69) is 16.5 Å². The van der Waals surface area contributed by atoms with E-state index in [9.17, 15) is 0 Å². The topological polar surface area (TPSA) is 43.6 Å². The van der Waals surface area contributed by atoms with Crippen molar-refractivity contribution in [3.05, 3.63) is 53.6 Å². The summed E-state index contributed by atoms with van der Waals surface area (Å²) >= 11 is 6.00. The normalized spacial score (nSPS) is 11.4. The van der Waals surface area contributed by atoms with Gasteiger partial charge in [-0.05, 0) is 42.8 Å². The molecule has 0 saturated heterocycles. The van der Waals surface area contributed by atoms with Gasteiger partial charge in [0.1, 0.15) is 5.82 Å². The van der Waals surface area contributed by atoms with E-state index in [0.717, 1.165) is 41.0 Å². The molecule has 4 aromatic rings. The largest absolute Gasteiger partial charge is 0.307 e. The highest BCUT2D eigenvalue weighted by molar-refractivity contribution is 6.30. The van der Waals surface area contributed by atoms with Crippen molar-refractivity contribution in [3.63, 3.8) is 0 Å². The van der Waals surface area contributed by atoms with Crippen LogP contribution in [0.2, 0.25) is 5.02 Å². The van der Waals surface area contributed by atoms with Crippen molar-refractivity contribution in [3.8, 4) is 11.4 Å². The van der Waals surface area contributed by atoms with E-state index in [-0.39, 0.29) is 0 Å². The molecule has 114 valence electrons. The highest BCUT2D eigenvalue weighted by atomic mass is 35.5. The number of hydrogen-bond acceptors (Lipinski definition) is 3. The molecule has 2 heterocycles. The molecule has 0 unspecified atom stereocenters. The van der Waals surface area contributed by atoms with Gasteiger partial charge in [-0.1, -0.05) is 30.7 Å². The van der Waals surface area contributed by atoms with Crippen LogP contribution in [-0.4, -0.2) is 19.5 Å². The molecule has 0 saturated carbocycles. The lowest BCUT2D eigenvalue weighted by Crippen LogP contribution is -2.01. The lowest BCUT2D eigenvalue weighted by Gasteiger charge is -2.07. The molecular weight excluding hydrogens is 308 g/mol. The van der Waals surface area contributed by atoms with Gasteiger partial charge < -0.3 is 4.57 Å². The van der Waals surface area contributed by atoms with Gasteiger partial charge in [-0.3, -0.25) is 0 Å². The van der Waals surface area contributed by atoms with Crippen LogP contribution in [0, 0.1) is 0 Å². The molecule has 0 bridgehead atoms. The quantitative estimate of drug-likeness (QED) is 0.548. The number of halogens is 1. The fraction of sp³-hybridized carbons (Fsp3) is 0.167. The molecule has 0 radical (unpaired) electrons. The van der Waals surface area contributed by atoms with Gasteiger partial charge in [0.15, 0.2) is 11.3 Å². The van der Waals surface area contributed by atoms with E-state index < -0.39 is 0 Å². The van der Waals surface area contributed by atoms with E-state index in [1.54, 1.807) is 0 Å². The maximum atomic E-state index is 6.00. The van der Waals surface area contributed by atoms with Gasteiger partial charge >= 0.3 is 0 Å². The highest BCUT2D eigenvalue weighted by Crippen LogP contribution is 2.26. The van der Waals surface area contributed by atoms with Crippen LogP contribution in [0.15, 0.2) is 48.5 Å². The first-order valence-corrected chi connectivity index (χ1v) is 8.03. The zero-order valence-electron chi connectivity index (χ0n) is 12.7. The summed E-state index contributed by atoms with van der Waals surface area (Å²) < 4.78 is 2.14. The summed E-state index contributed by atoms with van der Waals surface area (Å²) in [5.74, 6) is 0.883. The molecule has 23 heavy (non-hydrogen) atoms. The summed E-state index contributed by atoms with van der Waals surface area (Å²) in [6.07, 6.45) is 1.00. The summed E-state index contributed by atoms with van der Waals surface area (Å²) in [6.45, 7) is 2.99. The molecule has 0 aliphatic heterocycles. The first-order chi connectivity index (χ1) is 11.3. The number of benzene rings is 2. The van der Waals surface area contributed by atoms with Crippen LogP contribution < -0.4 is 0 Å². The molecule has 0 aliphatic rings. The maximum Gasteiger partial charge on any atom is 0.198 e. The van der Waals surface area contributed by atoms with E-state index in [1.807, 2.05) is 48.5 Å². The standard InChI is InChI=1S/C18H15ClN4/c1-2-11-23-17(12-7-9-13(19)10-8-12)22-16-18(23)21-15-6-4-3-5-14(15)20-16/h3-10H,2,11H2,1H3. The number of hydrogen-bond donors (Lipinski definition) is 0. The summed E-state index contributed by atoms with van der Waals surface area (Å²) in [5.41, 5.74) is 4.29. The Morgan fingerprint density at radius 2 is 1.61 bits per heavy atom. The van der Waals surface area contributed by atoms with Gasteiger partial charge in [0.05, 0.1) is 11.0 Å². The van der Waals surface area contributed by atoms with Crippen LogP contribution in [0.5, 0.6) is 0 Å². The minimum Gasteiger partial charge on any atom is -0.307 e. The first kappa shape index (κ1) is 14.2. The van der Waals surface area contributed by atoms with Crippen LogP contribution in [0.1, 0.15) is 13.3 Å². The fourth-order valence-corrected chi connectivity index (χ4v) is 2.88. The Morgan fingerprint density at radius 1 is 0.913 bits per heavy atom. The van der Waals surface area contributed by atoms with Crippen LogP contribution in [-0.2, 0) is 6.54 Å². The summed E-state index contributed by atoms with van der Waals surface area (Å²) in [5, 5.41) is 0.717. The molecule has 2 aromatic heterocycles. The van der Waals surface area contributed by atoms with Gasteiger partial charge in [-0.25, -0.2) is 15.0 Å². The van der Waals surface area contributed by atoms with Crippen LogP contribution in [0.3, 0.4) is 0 Å². The molecule has 4 rings (SSSR count). The molecular formula is C18H15ClN4. The average Bonchev–Trinajstić information content (AvgIpc) is 2.92. The van der Waals surface area contributed by atoms with Gasteiger partial charge in [-0.15, -0.1) is 0 Å². The Kier molecular flexibility index (Phi) is 3.46. The van der Waals surface area contributed by atoms with Crippen LogP contribution >= 0.6 is 11.6 Å². The number of rotatable bonds is 3. The Bertz CT molecular complexity index is 989. The number of aryl methyl sites for hydroxylation is 1. The molecule has 5 heteroatoms. The molecule has 0 amide bonds. The first-order valence-electron chi connectivity index (χ1n) is 7.65. The number of nitrogens with zero attached hydrogens (tertiary/aromatic N) is 4. The van der Waals surface area contributed by atoms with Crippen LogP contribution in [0.25, 0.3) is 33.7 Å². The third-order valence-corrected chi connectivity index (χ3v) is 4.06. The maximum absolute atomic E-state index is 6.00. The smallest absolute Gasteiger partial charge is 0.198 e. The van der Waals surface area contributed by atoms with Crippen molar-refractivity contribution < 1.29 is 0 Å². The second kappa shape index (κ2) is 5.63. The molecule has 0 atom stereocenters. The molecule has 0 fully saturated rings. The molecule has 0 aliphatic carbocycles. The molecule has 0 spiro atoms. The average molecular weight is 323 g/mol. The lowest BCUT2D eigenvalue weighted by atomic mass is 10.2. The highest BCUT2D eigenvalue weighted by Gasteiger charge is 2.15. The minimum absolute atomic E-state index is 0.683. The van der Waals surface area contributed by atoms with Crippen LogP contribution in [0.4, 0.5) is 0 Å².